The summed E-state index contributed by atoms with van der Waals surface area (Å²) in [5.74, 6) is -5.62. The fourth-order valence-corrected chi connectivity index (χ4v) is 1.07. The Bertz CT molecular complexity index is 582. The number of carbonyl (C=O) groups is 5. The quantitative estimate of drug-likeness (QED) is 0.170. The number of aliphatic carboxylic acids is 5. The monoisotopic (exact) mass is 604 g/mol. The van der Waals surface area contributed by atoms with E-state index in [0.717, 1.165) is 62.5 Å². The molecule has 0 aliphatic rings. The maximum atomic E-state index is 9.56. The van der Waals surface area contributed by atoms with Crippen molar-refractivity contribution in [2.45, 2.75) is 66.7 Å². The van der Waals surface area contributed by atoms with E-state index in [1.54, 1.807) is 0 Å². The predicted octanol–water partition coefficient (Wildman–Crippen LogP) is -10.9. The molecule has 0 unspecified atom stereocenters. The van der Waals surface area contributed by atoms with Gasteiger partial charge in [-0.15, -0.1) is 0 Å². The molecule has 0 N–H and O–H groups in total. The first kappa shape index (κ1) is 62.8. The van der Waals surface area contributed by atoms with Crippen LogP contribution < -0.4 is 114 Å². The normalized spacial score (nSPS) is 8.85. The SMILES string of the molecule is CCC=CC(=O)[O-].CCC=CC(=O)[O-].CCC=CC(=O)[O-].CCC=CC(=O)[O-].CCC=CC(=O)[O-].[Ca+2].[Na+].[Na+].[Na+]. The summed E-state index contributed by atoms with van der Waals surface area (Å²) in [7, 11) is 0. The molecule has 0 amide bonds. The van der Waals surface area contributed by atoms with Gasteiger partial charge in [-0.25, -0.2) is 0 Å². The Morgan fingerprint density at radius 3 is 0.513 bits per heavy atom. The van der Waals surface area contributed by atoms with E-state index in [0.29, 0.717) is 0 Å². The van der Waals surface area contributed by atoms with Crippen molar-refractivity contribution in [3.8, 4) is 0 Å². The summed E-state index contributed by atoms with van der Waals surface area (Å²) < 4.78 is 0. The summed E-state index contributed by atoms with van der Waals surface area (Å²) in [5.41, 5.74) is 0. The van der Waals surface area contributed by atoms with Gasteiger partial charge in [0.05, 0.1) is 29.8 Å². The van der Waals surface area contributed by atoms with Gasteiger partial charge >= 0.3 is 126 Å². The second-order valence-electron chi connectivity index (χ2n) is 5.65. The number of carbonyl (C=O) groups excluding carboxylic acids is 5. The Morgan fingerprint density at radius 1 is 0.385 bits per heavy atom. The van der Waals surface area contributed by atoms with Crippen LogP contribution in [0.25, 0.3) is 0 Å². The molecule has 0 spiro atoms. The van der Waals surface area contributed by atoms with Crippen LogP contribution in [0.3, 0.4) is 0 Å². The molecule has 14 heteroatoms. The van der Waals surface area contributed by atoms with Crippen molar-refractivity contribution in [3.63, 3.8) is 0 Å². The number of rotatable bonds is 10. The summed E-state index contributed by atoms with van der Waals surface area (Å²) in [6.07, 6.45) is 16.5. The Morgan fingerprint density at radius 2 is 0.487 bits per heavy atom. The average Bonchev–Trinajstić information content (AvgIpc) is 2.78. The van der Waals surface area contributed by atoms with Crippen LogP contribution in [0.1, 0.15) is 66.7 Å². The van der Waals surface area contributed by atoms with E-state index in [2.05, 4.69) is 0 Å². The molecule has 0 aromatic heterocycles. The van der Waals surface area contributed by atoms with E-state index in [1.165, 1.54) is 30.4 Å². The van der Waals surface area contributed by atoms with Gasteiger partial charge in [-0.05, 0) is 62.5 Å². The van der Waals surface area contributed by atoms with E-state index < -0.39 is 29.8 Å². The molecule has 10 nitrogen and oxygen atoms in total. The molecule has 0 aromatic carbocycles. The molecule has 0 aliphatic heterocycles. The topological polar surface area (TPSA) is 201 Å². The summed E-state index contributed by atoms with van der Waals surface area (Å²) in [5, 5.41) is 47.8. The number of carboxylic acid groups (broad SMARTS) is 5. The van der Waals surface area contributed by atoms with Crippen LogP contribution in [-0.2, 0) is 24.0 Å². The zero-order chi connectivity index (χ0) is 28.5. The Balaban J connectivity index is -0.0000000402. The van der Waals surface area contributed by atoms with Crippen molar-refractivity contribution >= 4 is 67.6 Å². The fourth-order valence-electron chi connectivity index (χ4n) is 1.07. The van der Waals surface area contributed by atoms with Crippen LogP contribution >= 0.6 is 0 Å². The van der Waals surface area contributed by atoms with Crippen molar-refractivity contribution in [3.05, 3.63) is 60.8 Å². The third-order valence-corrected chi connectivity index (χ3v) is 2.45. The first-order valence-electron chi connectivity index (χ1n) is 10.7. The van der Waals surface area contributed by atoms with Crippen molar-refractivity contribution in [2.24, 2.45) is 0 Å². The van der Waals surface area contributed by atoms with Gasteiger partial charge in [-0.2, -0.15) is 0 Å². The average molecular weight is 605 g/mol. The van der Waals surface area contributed by atoms with Crippen molar-refractivity contribution in [2.75, 3.05) is 0 Å². The van der Waals surface area contributed by atoms with E-state index in [1.807, 2.05) is 34.6 Å². The minimum absolute atomic E-state index is 0. The first-order chi connectivity index (χ1) is 16.4. The minimum atomic E-state index is -1.12. The second kappa shape index (κ2) is 58.0. The Hall–Kier alpha value is 0.310. The molecule has 0 bridgehead atoms. The molecule has 0 aliphatic carbocycles. The summed E-state index contributed by atoms with van der Waals surface area (Å²) in [6.45, 7) is 9.30. The standard InChI is InChI=1S/5C5H8O2.Ca.3Na/c5*1-2-3-4-5(6)7;;;;/h5*3-4H,2H2,1H3,(H,6,7);;;;/q;;;;;+2;3*+1/p-5. The van der Waals surface area contributed by atoms with Crippen LogP contribution in [0.15, 0.2) is 60.8 Å². The van der Waals surface area contributed by atoms with Gasteiger partial charge in [0.15, 0.2) is 0 Å². The van der Waals surface area contributed by atoms with Gasteiger partial charge in [0, 0.05) is 0 Å². The molecule has 0 fully saturated rings. The third-order valence-electron chi connectivity index (χ3n) is 2.45. The Kier molecular flexibility index (Phi) is 93.5. The molecule has 0 radical (unpaired) electrons. The van der Waals surface area contributed by atoms with Gasteiger partial charge in [0.2, 0.25) is 0 Å². The van der Waals surface area contributed by atoms with Crippen LogP contribution in [0, 0.1) is 0 Å². The zero-order valence-electron chi connectivity index (χ0n) is 24.6. The Labute approximate surface area is 328 Å². The van der Waals surface area contributed by atoms with Crippen LogP contribution in [-0.4, -0.2) is 67.6 Å². The molecule has 0 aromatic rings. The number of allylic oxidation sites excluding steroid dienone is 5. The summed E-state index contributed by atoms with van der Waals surface area (Å²) >= 11 is 0. The molecular weight excluding hydrogens is 569 g/mol. The molecule has 0 saturated carbocycles. The maximum absolute atomic E-state index is 9.56. The maximum Gasteiger partial charge on any atom is 2.00 e. The van der Waals surface area contributed by atoms with Gasteiger partial charge in [0.25, 0.3) is 0 Å². The zero-order valence-corrected chi connectivity index (χ0v) is 32.8. The van der Waals surface area contributed by atoms with E-state index in [9.17, 15) is 49.5 Å². The van der Waals surface area contributed by atoms with Crippen molar-refractivity contribution < 1.29 is 138 Å². The fraction of sp³-hybridized carbons (Fsp3) is 0.400. The van der Waals surface area contributed by atoms with Crippen LogP contribution in [0.5, 0.6) is 0 Å². The minimum Gasteiger partial charge on any atom is -0.545 e. The second-order valence-corrected chi connectivity index (χ2v) is 5.65. The number of carboxylic acids is 5. The van der Waals surface area contributed by atoms with Crippen LogP contribution in [0.2, 0.25) is 0 Å². The van der Waals surface area contributed by atoms with Gasteiger partial charge < -0.3 is 49.5 Å². The molecule has 0 atom stereocenters. The molecule has 200 valence electrons. The number of hydrogen-bond acceptors (Lipinski definition) is 10. The van der Waals surface area contributed by atoms with Gasteiger partial charge in [0.1, 0.15) is 0 Å². The molecular formula is C25H35CaNa3O10. The van der Waals surface area contributed by atoms with Gasteiger partial charge in [-0.1, -0.05) is 65.0 Å². The summed E-state index contributed by atoms with van der Waals surface area (Å²) in [6, 6.07) is 0. The first-order valence-corrected chi connectivity index (χ1v) is 10.7. The molecule has 0 saturated heterocycles. The van der Waals surface area contributed by atoms with Crippen LogP contribution in [0.4, 0.5) is 0 Å². The predicted molar refractivity (Wildman–Crippen MR) is 128 cm³/mol. The van der Waals surface area contributed by atoms with E-state index in [-0.39, 0.29) is 126 Å². The number of hydrogen-bond donors (Lipinski definition) is 0. The summed E-state index contributed by atoms with van der Waals surface area (Å²) in [4.78, 5) is 47.8. The largest absolute Gasteiger partial charge is 2.00 e. The third kappa shape index (κ3) is 122. The van der Waals surface area contributed by atoms with Crippen molar-refractivity contribution in [1.82, 2.24) is 0 Å². The smallest absolute Gasteiger partial charge is 0.545 e. The molecule has 0 heterocycles. The molecule has 0 rings (SSSR count). The van der Waals surface area contributed by atoms with E-state index >= 15 is 0 Å². The van der Waals surface area contributed by atoms with Crippen molar-refractivity contribution in [1.29, 1.82) is 0 Å². The molecule has 39 heavy (non-hydrogen) atoms. The van der Waals surface area contributed by atoms with Gasteiger partial charge in [-0.3, -0.25) is 0 Å². The van der Waals surface area contributed by atoms with E-state index in [4.69, 9.17) is 0 Å².